The first-order valence-electron chi connectivity index (χ1n) is 5.79. The Hall–Kier alpha value is -0.930. The van der Waals surface area contributed by atoms with Crippen molar-refractivity contribution in [2.45, 2.75) is 38.3 Å². The van der Waals surface area contributed by atoms with E-state index >= 15 is 0 Å². The number of aliphatic hydroxyl groups is 1. The summed E-state index contributed by atoms with van der Waals surface area (Å²) in [4.78, 5) is 0. The van der Waals surface area contributed by atoms with Crippen LogP contribution in [0, 0.1) is 18.7 Å². The Kier molecular flexibility index (Phi) is 3.26. The van der Waals surface area contributed by atoms with E-state index in [9.17, 15) is 9.50 Å². The van der Waals surface area contributed by atoms with E-state index in [0.29, 0.717) is 0 Å². The molecule has 1 aliphatic rings. The first-order valence-corrected chi connectivity index (χ1v) is 5.79. The van der Waals surface area contributed by atoms with E-state index in [2.05, 4.69) is 0 Å². The topological polar surface area (TPSA) is 46.2 Å². The molecule has 0 unspecified atom stereocenters. The van der Waals surface area contributed by atoms with Gasteiger partial charge < -0.3 is 10.8 Å². The standard InChI is InChI=1S/C13H18FNO/c1-8-5-6-10(14)7-11(8)12(15)13(16)9-3-2-4-9/h5-7,9,12-13,16H,2-4,15H2,1H3/t12-,13+/m1/s1. The zero-order chi connectivity index (χ0) is 11.7. The zero-order valence-electron chi connectivity index (χ0n) is 9.49. The lowest BCUT2D eigenvalue weighted by atomic mass is 9.77. The summed E-state index contributed by atoms with van der Waals surface area (Å²) in [6.07, 6.45) is 2.68. The minimum absolute atomic E-state index is 0.290. The molecule has 88 valence electrons. The molecule has 0 radical (unpaired) electrons. The van der Waals surface area contributed by atoms with E-state index < -0.39 is 12.1 Å². The number of nitrogens with two attached hydrogens (primary N) is 1. The lowest BCUT2D eigenvalue weighted by molar-refractivity contribution is 0.0411. The molecule has 0 aromatic heterocycles. The number of benzene rings is 1. The third-order valence-electron chi connectivity index (χ3n) is 3.60. The molecule has 1 aromatic rings. The molecule has 1 aromatic carbocycles. The van der Waals surface area contributed by atoms with E-state index in [1.165, 1.54) is 12.1 Å². The van der Waals surface area contributed by atoms with Gasteiger partial charge in [0.05, 0.1) is 12.1 Å². The van der Waals surface area contributed by atoms with Crippen molar-refractivity contribution in [3.8, 4) is 0 Å². The molecular weight excluding hydrogens is 205 g/mol. The largest absolute Gasteiger partial charge is 0.391 e. The van der Waals surface area contributed by atoms with Crippen LogP contribution in [0.15, 0.2) is 18.2 Å². The lowest BCUT2D eigenvalue weighted by Gasteiger charge is -2.34. The Morgan fingerprint density at radius 3 is 2.69 bits per heavy atom. The molecule has 3 heteroatoms. The van der Waals surface area contributed by atoms with Crippen molar-refractivity contribution in [3.05, 3.63) is 35.1 Å². The second-order valence-corrected chi connectivity index (χ2v) is 4.71. The van der Waals surface area contributed by atoms with Crippen LogP contribution >= 0.6 is 0 Å². The van der Waals surface area contributed by atoms with Crippen LogP contribution < -0.4 is 5.73 Å². The minimum atomic E-state index is -0.547. The van der Waals surface area contributed by atoms with Crippen molar-refractivity contribution < 1.29 is 9.50 Å². The SMILES string of the molecule is Cc1ccc(F)cc1[C@@H](N)[C@@H](O)C1CCC1. The third-order valence-corrected chi connectivity index (χ3v) is 3.60. The van der Waals surface area contributed by atoms with Crippen molar-refractivity contribution in [1.29, 1.82) is 0 Å². The van der Waals surface area contributed by atoms with Gasteiger partial charge in [0.2, 0.25) is 0 Å². The second-order valence-electron chi connectivity index (χ2n) is 4.71. The fourth-order valence-electron chi connectivity index (χ4n) is 2.23. The highest BCUT2D eigenvalue weighted by Crippen LogP contribution is 2.35. The molecule has 1 fully saturated rings. The highest BCUT2D eigenvalue weighted by atomic mass is 19.1. The number of hydrogen-bond acceptors (Lipinski definition) is 2. The van der Waals surface area contributed by atoms with Gasteiger partial charge in [-0.1, -0.05) is 12.5 Å². The van der Waals surface area contributed by atoms with Crippen molar-refractivity contribution in [2.24, 2.45) is 11.7 Å². The van der Waals surface area contributed by atoms with Crippen LogP contribution in [-0.2, 0) is 0 Å². The van der Waals surface area contributed by atoms with Crippen molar-refractivity contribution >= 4 is 0 Å². The summed E-state index contributed by atoms with van der Waals surface area (Å²) in [6, 6.07) is 4.09. The van der Waals surface area contributed by atoms with Crippen LogP contribution in [0.25, 0.3) is 0 Å². The number of rotatable bonds is 3. The quantitative estimate of drug-likeness (QED) is 0.826. The van der Waals surface area contributed by atoms with Gasteiger partial charge in [-0.05, 0) is 48.9 Å². The fourth-order valence-corrected chi connectivity index (χ4v) is 2.23. The first-order chi connectivity index (χ1) is 7.59. The molecule has 3 N–H and O–H groups in total. The number of halogens is 1. The molecule has 0 spiro atoms. The summed E-state index contributed by atoms with van der Waals surface area (Å²) in [5, 5.41) is 10.1. The molecule has 2 atom stereocenters. The Balaban J connectivity index is 2.18. The molecule has 2 rings (SSSR count). The smallest absolute Gasteiger partial charge is 0.123 e. The van der Waals surface area contributed by atoms with Gasteiger partial charge in [-0.3, -0.25) is 0 Å². The monoisotopic (exact) mass is 223 g/mol. The average Bonchev–Trinajstić information content (AvgIpc) is 2.18. The molecule has 0 bridgehead atoms. The Bertz CT molecular complexity index is 376. The van der Waals surface area contributed by atoms with Crippen molar-refractivity contribution in [1.82, 2.24) is 0 Å². The van der Waals surface area contributed by atoms with Gasteiger partial charge in [0.15, 0.2) is 0 Å². The van der Waals surface area contributed by atoms with E-state index in [0.717, 1.165) is 30.4 Å². The predicted octanol–water partition coefficient (Wildman–Crippen LogP) is 2.29. The van der Waals surface area contributed by atoms with Gasteiger partial charge in [-0.25, -0.2) is 4.39 Å². The maximum Gasteiger partial charge on any atom is 0.123 e. The lowest BCUT2D eigenvalue weighted by Crippen LogP contribution is -2.36. The van der Waals surface area contributed by atoms with Gasteiger partial charge in [0.25, 0.3) is 0 Å². The highest BCUT2D eigenvalue weighted by Gasteiger charge is 2.31. The van der Waals surface area contributed by atoms with Crippen molar-refractivity contribution in [3.63, 3.8) is 0 Å². The maximum atomic E-state index is 13.1. The van der Waals surface area contributed by atoms with Crippen LogP contribution in [-0.4, -0.2) is 11.2 Å². The van der Waals surface area contributed by atoms with Crippen LogP contribution in [0.1, 0.15) is 36.4 Å². The van der Waals surface area contributed by atoms with Crippen LogP contribution in [0.5, 0.6) is 0 Å². The summed E-state index contributed by atoms with van der Waals surface area (Å²) in [5.41, 5.74) is 7.66. The van der Waals surface area contributed by atoms with E-state index in [-0.39, 0.29) is 11.7 Å². The summed E-state index contributed by atoms with van der Waals surface area (Å²) in [6.45, 7) is 1.89. The molecule has 16 heavy (non-hydrogen) atoms. The van der Waals surface area contributed by atoms with Crippen molar-refractivity contribution in [2.75, 3.05) is 0 Å². The van der Waals surface area contributed by atoms with Crippen LogP contribution in [0.2, 0.25) is 0 Å². The second kappa shape index (κ2) is 4.52. The van der Waals surface area contributed by atoms with Gasteiger partial charge in [0.1, 0.15) is 5.82 Å². The average molecular weight is 223 g/mol. The highest BCUT2D eigenvalue weighted by molar-refractivity contribution is 5.30. The summed E-state index contributed by atoms with van der Waals surface area (Å²) in [7, 11) is 0. The molecule has 2 nitrogen and oxygen atoms in total. The van der Waals surface area contributed by atoms with Gasteiger partial charge in [-0.2, -0.15) is 0 Å². The molecule has 1 aliphatic carbocycles. The number of hydrogen-bond donors (Lipinski definition) is 2. The molecular formula is C13H18FNO. The molecule has 0 amide bonds. The normalized spacial score (nSPS) is 20.2. The van der Waals surface area contributed by atoms with E-state index in [1.54, 1.807) is 6.07 Å². The molecule has 1 saturated carbocycles. The summed E-state index contributed by atoms with van der Waals surface area (Å²) in [5.74, 6) is -0.00507. The molecule has 0 saturated heterocycles. The Morgan fingerprint density at radius 2 is 2.12 bits per heavy atom. The predicted molar refractivity (Wildman–Crippen MR) is 61.4 cm³/mol. The van der Waals surface area contributed by atoms with Gasteiger partial charge >= 0.3 is 0 Å². The summed E-state index contributed by atoms with van der Waals surface area (Å²) >= 11 is 0. The van der Waals surface area contributed by atoms with E-state index in [4.69, 9.17) is 5.73 Å². The van der Waals surface area contributed by atoms with Gasteiger partial charge in [0, 0.05) is 0 Å². The van der Waals surface area contributed by atoms with Gasteiger partial charge in [-0.15, -0.1) is 0 Å². The summed E-state index contributed by atoms with van der Waals surface area (Å²) < 4.78 is 13.1. The first kappa shape index (κ1) is 11.6. The molecule has 0 heterocycles. The van der Waals surface area contributed by atoms with Crippen LogP contribution in [0.3, 0.4) is 0 Å². The molecule has 0 aliphatic heterocycles. The Labute approximate surface area is 95.3 Å². The minimum Gasteiger partial charge on any atom is -0.391 e. The maximum absolute atomic E-state index is 13.1. The number of aliphatic hydroxyl groups excluding tert-OH is 1. The van der Waals surface area contributed by atoms with E-state index in [1.807, 2.05) is 6.92 Å². The van der Waals surface area contributed by atoms with Crippen LogP contribution in [0.4, 0.5) is 4.39 Å². The zero-order valence-corrected chi connectivity index (χ0v) is 9.49. The number of aryl methyl sites for hydroxylation is 1. The third kappa shape index (κ3) is 2.11. The fraction of sp³-hybridized carbons (Fsp3) is 0.538. The Morgan fingerprint density at radius 1 is 1.44 bits per heavy atom.